The molecule has 12 nitrogen and oxygen atoms in total. The molecule has 1 fully saturated rings. The lowest BCUT2D eigenvalue weighted by atomic mass is 9.81. The maximum absolute atomic E-state index is 10.1. The first-order chi connectivity index (χ1) is 23.3. The summed E-state index contributed by atoms with van der Waals surface area (Å²) in [6.07, 6.45) is 10.3. The number of nitrogen functional groups attached to an aromatic ring is 2. The molecule has 13 heteroatoms. The van der Waals surface area contributed by atoms with E-state index in [9.17, 15) is 5.26 Å². The van der Waals surface area contributed by atoms with Crippen LogP contribution in [0.4, 0.5) is 16.6 Å². The van der Waals surface area contributed by atoms with Crippen LogP contribution in [0.25, 0.3) is 22.6 Å². The van der Waals surface area contributed by atoms with Crippen LogP contribution in [0.1, 0.15) is 97.7 Å². The summed E-state index contributed by atoms with van der Waals surface area (Å²) in [6, 6.07) is 6.59. The zero-order valence-corrected chi connectivity index (χ0v) is 28.9. The number of thiophene rings is 1. The van der Waals surface area contributed by atoms with Gasteiger partial charge in [-0.3, -0.25) is 0 Å². The zero-order valence-electron chi connectivity index (χ0n) is 28.1. The molecule has 5 aromatic rings. The topological polar surface area (TPSA) is 165 Å². The molecule has 0 aromatic carbocycles. The molecule has 4 N–H and O–H groups in total. The molecule has 0 saturated carbocycles. The minimum Gasteiger partial charge on any atom is -0.389 e. The van der Waals surface area contributed by atoms with Crippen LogP contribution < -0.4 is 16.4 Å². The van der Waals surface area contributed by atoms with E-state index >= 15 is 0 Å². The number of pyridine rings is 1. The second kappa shape index (κ2) is 13.2. The Kier molecular flexibility index (Phi) is 8.78. The monoisotopic (exact) mass is 665 g/mol. The molecule has 0 amide bonds. The summed E-state index contributed by atoms with van der Waals surface area (Å²) in [4.78, 5) is 20.6. The van der Waals surface area contributed by atoms with Gasteiger partial charge in [-0.25, -0.2) is 19.6 Å². The average Bonchev–Trinajstić information content (AvgIpc) is 3.87. The van der Waals surface area contributed by atoms with Gasteiger partial charge in [0.1, 0.15) is 28.5 Å². The van der Waals surface area contributed by atoms with Gasteiger partial charge < -0.3 is 25.8 Å². The minimum absolute atomic E-state index is 0.0906. The number of aromatic nitrogens is 6. The van der Waals surface area contributed by atoms with E-state index in [2.05, 4.69) is 53.8 Å². The number of nitrogens with zero attached hydrogens (tertiary/aromatic N) is 9. The normalized spacial score (nSPS) is 18.6. The second-order valence-corrected chi connectivity index (χ2v) is 14.1. The lowest BCUT2D eigenvalue weighted by Gasteiger charge is -2.30. The molecule has 48 heavy (non-hydrogen) atoms. The molecule has 5 aromatic heterocycles. The van der Waals surface area contributed by atoms with Crippen molar-refractivity contribution in [2.24, 2.45) is 0 Å². The molecular formula is C35H43N11OS. The van der Waals surface area contributed by atoms with Crippen molar-refractivity contribution < 1.29 is 4.52 Å². The molecule has 1 aliphatic carbocycles. The summed E-state index contributed by atoms with van der Waals surface area (Å²) in [5, 5.41) is 21.1. The molecule has 1 saturated heterocycles. The lowest BCUT2D eigenvalue weighted by molar-refractivity contribution is 0.276. The summed E-state index contributed by atoms with van der Waals surface area (Å²) < 4.78 is 8.23. The summed E-state index contributed by atoms with van der Waals surface area (Å²) in [5.74, 6) is 2.48. The molecule has 2 aliphatic rings. The zero-order chi connectivity index (χ0) is 33.5. The summed E-state index contributed by atoms with van der Waals surface area (Å²) in [5.41, 5.74) is 17.7. The van der Waals surface area contributed by atoms with Gasteiger partial charge in [0.25, 0.3) is 0 Å². The van der Waals surface area contributed by atoms with E-state index in [-0.39, 0.29) is 12.0 Å². The molecule has 250 valence electrons. The Morgan fingerprint density at radius 2 is 2.06 bits per heavy atom. The quantitative estimate of drug-likeness (QED) is 0.178. The van der Waals surface area contributed by atoms with Crippen LogP contribution in [0.5, 0.6) is 0 Å². The Labute approximate surface area is 284 Å². The average molecular weight is 666 g/mol. The van der Waals surface area contributed by atoms with Gasteiger partial charge in [-0.15, -0.1) is 11.3 Å². The van der Waals surface area contributed by atoms with Crippen LogP contribution in [0, 0.1) is 11.3 Å². The van der Waals surface area contributed by atoms with E-state index in [0.717, 1.165) is 95.8 Å². The third-order valence-corrected chi connectivity index (χ3v) is 11.3. The number of nitrogens with two attached hydrogens (primary N) is 2. The van der Waals surface area contributed by atoms with E-state index in [1.165, 1.54) is 17.8 Å². The molecule has 0 bridgehead atoms. The maximum atomic E-state index is 10.1. The highest BCUT2D eigenvalue weighted by Gasteiger charge is 2.36. The fourth-order valence-corrected chi connectivity index (χ4v) is 8.86. The number of hydrogen-bond donors (Lipinski definition) is 2. The van der Waals surface area contributed by atoms with Crippen LogP contribution in [0.3, 0.4) is 0 Å². The Hall–Kier alpha value is -4.54. The van der Waals surface area contributed by atoms with Gasteiger partial charge in [0.15, 0.2) is 17.2 Å². The highest BCUT2D eigenvalue weighted by Crippen LogP contribution is 2.46. The van der Waals surface area contributed by atoms with Crippen molar-refractivity contribution in [2.75, 3.05) is 36.5 Å². The predicted molar refractivity (Wildman–Crippen MR) is 189 cm³/mol. The van der Waals surface area contributed by atoms with Crippen LogP contribution in [-0.4, -0.2) is 61.0 Å². The van der Waals surface area contributed by atoms with Crippen molar-refractivity contribution in [1.29, 1.82) is 5.26 Å². The largest absolute Gasteiger partial charge is 0.389 e. The van der Waals surface area contributed by atoms with Crippen molar-refractivity contribution in [3.8, 4) is 17.6 Å². The molecule has 7 rings (SSSR count). The van der Waals surface area contributed by atoms with Crippen molar-refractivity contribution in [3.63, 3.8) is 0 Å². The highest BCUT2D eigenvalue weighted by atomic mass is 32.1. The number of nitriles is 1. The first kappa shape index (κ1) is 32.0. The van der Waals surface area contributed by atoms with Crippen molar-refractivity contribution in [2.45, 2.75) is 90.3 Å². The van der Waals surface area contributed by atoms with Crippen LogP contribution in [0.2, 0.25) is 0 Å². The van der Waals surface area contributed by atoms with Crippen molar-refractivity contribution >= 4 is 39.0 Å². The number of anilines is 3. The summed E-state index contributed by atoms with van der Waals surface area (Å²) in [7, 11) is 2.18. The standard InChI is InChI=1S/C35H43N11OS/c1-5-10-27-28(25(17-36)32(38)48-27)23-12-7-13-24-29(43-47-30(23)24)33-41-34(45(6-2)20(3)22-14-8-15-39-31(22)37)26-18-40-46(35(26)42-33)19-21-11-9-16-44(21)4/h8,14-15,18,20-21,23H,5-7,9-13,16,19,38H2,1-4H3,(H2,37,39). The summed E-state index contributed by atoms with van der Waals surface area (Å²) >= 11 is 1.52. The Morgan fingerprint density at radius 1 is 1.21 bits per heavy atom. The molecule has 6 heterocycles. The van der Waals surface area contributed by atoms with Gasteiger partial charge in [-0.1, -0.05) is 24.6 Å². The maximum Gasteiger partial charge on any atom is 0.186 e. The molecular weight excluding hydrogens is 623 g/mol. The third kappa shape index (κ3) is 5.46. The fourth-order valence-electron chi connectivity index (χ4n) is 7.68. The Bertz CT molecular complexity index is 1990. The van der Waals surface area contributed by atoms with Crippen molar-refractivity contribution in [1.82, 2.24) is 34.8 Å². The first-order valence-corrected chi connectivity index (χ1v) is 17.9. The van der Waals surface area contributed by atoms with Gasteiger partial charge >= 0.3 is 0 Å². The molecule has 1 aliphatic heterocycles. The van der Waals surface area contributed by atoms with E-state index < -0.39 is 0 Å². The van der Waals surface area contributed by atoms with E-state index in [1.807, 2.05) is 23.0 Å². The third-order valence-electron chi connectivity index (χ3n) is 10.2. The number of likely N-dealkylation sites (N-methyl/N-ethyl adjacent to an activating group) is 1. The molecule has 3 unspecified atom stereocenters. The van der Waals surface area contributed by atoms with Crippen molar-refractivity contribution in [3.05, 3.63) is 57.4 Å². The van der Waals surface area contributed by atoms with Gasteiger partial charge in [-0.2, -0.15) is 10.4 Å². The Balaban J connectivity index is 1.37. The Morgan fingerprint density at radius 3 is 2.79 bits per heavy atom. The van der Waals surface area contributed by atoms with Gasteiger partial charge in [0.2, 0.25) is 0 Å². The SMILES string of the molecule is CCCc1sc(N)c(C#N)c1C1CCCc2c(-c3nc(N(CC)C(C)c4cccnc4N)c4cnn(CC5CCCN5C)c4n3)noc21. The predicted octanol–water partition coefficient (Wildman–Crippen LogP) is 6.08. The van der Waals surface area contributed by atoms with Gasteiger partial charge in [-0.05, 0) is 77.6 Å². The molecule has 0 radical (unpaired) electrons. The first-order valence-electron chi connectivity index (χ1n) is 17.0. The molecule has 3 atom stereocenters. The van der Waals surface area contributed by atoms with Gasteiger partial charge in [0.05, 0.1) is 29.7 Å². The highest BCUT2D eigenvalue weighted by molar-refractivity contribution is 7.16. The van der Waals surface area contributed by atoms with Crippen LogP contribution in [-0.2, 0) is 19.4 Å². The van der Waals surface area contributed by atoms with E-state index in [0.29, 0.717) is 40.5 Å². The number of hydrogen-bond acceptors (Lipinski definition) is 12. The fraction of sp³-hybridized carbons (Fsp3) is 0.486. The number of likely N-dealkylation sites (tertiary alicyclic amines) is 1. The summed E-state index contributed by atoms with van der Waals surface area (Å²) in [6.45, 7) is 8.88. The lowest BCUT2D eigenvalue weighted by Crippen LogP contribution is -2.30. The van der Waals surface area contributed by atoms with E-state index in [4.69, 9.17) is 31.1 Å². The van der Waals surface area contributed by atoms with Crippen LogP contribution in [0.15, 0.2) is 29.0 Å². The number of aryl methyl sites for hydroxylation is 1. The smallest absolute Gasteiger partial charge is 0.186 e. The minimum atomic E-state index is -0.111. The number of rotatable bonds is 10. The second-order valence-electron chi connectivity index (χ2n) is 13.0. The van der Waals surface area contributed by atoms with Crippen LogP contribution >= 0.6 is 11.3 Å². The van der Waals surface area contributed by atoms with Gasteiger partial charge in [0, 0.05) is 40.7 Å². The van der Waals surface area contributed by atoms with E-state index in [1.54, 1.807) is 6.20 Å². The number of fused-ring (bicyclic) bond motifs is 2. The molecule has 0 spiro atoms.